The molecular weight excluding hydrogens is 247 g/mol. The number of halogens is 1. The summed E-state index contributed by atoms with van der Waals surface area (Å²) < 4.78 is 13.3. The van der Waals surface area contributed by atoms with Gasteiger partial charge in [0, 0.05) is 18.7 Å². The van der Waals surface area contributed by atoms with Crippen molar-refractivity contribution in [3.05, 3.63) is 35.1 Å². The first-order valence-electron chi connectivity index (χ1n) is 6.20. The fourth-order valence-corrected chi connectivity index (χ4v) is 2.15. The quantitative estimate of drug-likeness (QED) is 0.804. The van der Waals surface area contributed by atoms with E-state index in [0.29, 0.717) is 17.5 Å². The smallest absolute Gasteiger partial charge is 0.123 e. The van der Waals surface area contributed by atoms with Crippen LogP contribution in [0, 0.1) is 11.7 Å². The first kappa shape index (κ1) is 15.1. The molecule has 0 radical (unpaired) electrons. The van der Waals surface area contributed by atoms with Gasteiger partial charge in [-0.25, -0.2) is 4.39 Å². The van der Waals surface area contributed by atoms with Gasteiger partial charge in [0.05, 0.1) is 0 Å². The first-order chi connectivity index (χ1) is 8.43. The molecule has 2 N–H and O–H groups in total. The molecule has 0 saturated carbocycles. The highest BCUT2D eigenvalue weighted by atomic mass is 32.1. The zero-order valence-corrected chi connectivity index (χ0v) is 12.1. The van der Waals surface area contributed by atoms with Gasteiger partial charge >= 0.3 is 0 Å². The van der Waals surface area contributed by atoms with E-state index in [2.05, 4.69) is 18.7 Å². The molecule has 1 aromatic carbocycles. The van der Waals surface area contributed by atoms with Crippen molar-refractivity contribution in [1.29, 1.82) is 0 Å². The highest BCUT2D eigenvalue weighted by Crippen LogP contribution is 2.14. The minimum Gasteiger partial charge on any atom is -0.389 e. The van der Waals surface area contributed by atoms with Crippen LogP contribution in [-0.2, 0) is 6.54 Å². The molecule has 0 amide bonds. The zero-order valence-electron chi connectivity index (χ0n) is 11.2. The lowest BCUT2D eigenvalue weighted by atomic mass is 10.1. The molecular formula is C14H21FN2S. The Labute approximate surface area is 114 Å². The minimum absolute atomic E-state index is 0.248. The zero-order chi connectivity index (χ0) is 13.7. The van der Waals surface area contributed by atoms with Crippen LogP contribution in [0.25, 0.3) is 0 Å². The molecule has 1 aromatic rings. The van der Waals surface area contributed by atoms with Crippen LogP contribution in [0.1, 0.15) is 31.4 Å². The molecule has 1 unspecified atom stereocenters. The molecule has 0 aliphatic carbocycles. The third-order valence-corrected chi connectivity index (χ3v) is 3.31. The Balaban J connectivity index is 2.82. The predicted octanol–water partition coefficient (Wildman–Crippen LogP) is 2.94. The van der Waals surface area contributed by atoms with Gasteiger partial charge < -0.3 is 10.6 Å². The molecule has 0 bridgehead atoms. The number of hydrogen-bond acceptors (Lipinski definition) is 2. The molecule has 100 valence electrons. The van der Waals surface area contributed by atoms with E-state index in [1.165, 1.54) is 12.1 Å². The molecule has 1 rings (SSSR count). The number of thiocarbonyl (C=S) groups is 1. The van der Waals surface area contributed by atoms with Gasteiger partial charge in [-0.15, -0.1) is 0 Å². The van der Waals surface area contributed by atoms with E-state index in [4.69, 9.17) is 18.0 Å². The Hall–Kier alpha value is -1.00. The third-order valence-electron chi connectivity index (χ3n) is 3.09. The fourth-order valence-electron chi connectivity index (χ4n) is 1.95. The van der Waals surface area contributed by atoms with Gasteiger partial charge in [0.2, 0.25) is 0 Å². The molecule has 4 heteroatoms. The van der Waals surface area contributed by atoms with E-state index < -0.39 is 0 Å². The summed E-state index contributed by atoms with van der Waals surface area (Å²) in [6, 6.07) is 4.57. The van der Waals surface area contributed by atoms with Gasteiger partial charge in [0.15, 0.2) is 0 Å². The maximum Gasteiger partial charge on any atom is 0.123 e. The van der Waals surface area contributed by atoms with Crippen molar-refractivity contribution in [1.82, 2.24) is 4.90 Å². The van der Waals surface area contributed by atoms with Gasteiger partial charge in [-0.2, -0.15) is 0 Å². The number of nitrogens with two attached hydrogens (primary N) is 1. The molecule has 0 heterocycles. The largest absolute Gasteiger partial charge is 0.389 e. The Morgan fingerprint density at radius 3 is 2.72 bits per heavy atom. The van der Waals surface area contributed by atoms with Crippen molar-refractivity contribution in [2.24, 2.45) is 11.7 Å². The van der Waals surface area contributed by atoms with Gasteiger partial charge in [-0.3, -0.25) is 0 Å². The van der Waals surface area contributed by atoms with Crippen LogP contribution in [0.2, 0.25) is 0 Å². The first-order valence-corrected chi connectivity index (χ1v) is 6.61. The van der Waals surface area contributed by atoms with Crippen molar-refractivity contribution < 1.29 is 4.39 Å². The van der Waals surface area contributed by atoms with Gasteiger partial charge in [0.1, 0.15) is 10.8 Å². The van der Waals surface area contributed by atoms with Crippen LogP contribution in [0.4, 0.5) is 4.39 Å². The van der Waals surface area contributed by atoms with E-state index in [1.54, 1.807) is 6.07 Å². The van der Waals surface area contributed by atoms with E-state index in [9.17, 15) is 4.39 Å². The molecule has 18 heavy (non-hydrogen) atoms. The molecule has 0 aromatic heterocycles. The molecule has 0 spiro atoms. The van der Waals surface area contributed by atoms with Crippen molar-refractivity contribution in [2.75, 3.05) is 13.6 Å². The molecule has 2 nitrogen and oxygen atoms in total. The van der Waals surface area contributed by atoms with Crippen molar-refractivity contribution in [2.45, 2.75) is 26.8 Å². The molecule has 0 saturated heterocycles. The Morgan fingerprint density at radius 1 is 1.50 bits per heavy atom. The Bertz CT molecular complexity index is 420. The average molecular weight is 268 g/mol. The van der Waals surface area contributed by atoms with Gasteiger partial charge in [-0.05, 0) is 36.7 Å². The number of benzene rings is 1. The summed E-state index contributed by atoms with van der Waals surface area (Å²) >= 11 is 4.99. The third kappa shape index (κ3) is 4.35. The molecule has 0 aliphatic heterocycles. The second-order valence-electron chi connectivity index (χ2n) is 4.88. The van der Waals surface area contributed by atoms with Gasteiger partial charge in [0.25, 0.3) is 0 Å². The highest BCUT2D eigenvalue weighted by Gasteiger charge is 2.10. The fraction of sp³-hybridized carbons (Fsp3) is 0.500. The standard InChI is InChI=1S/C14H21FN2S/c1-4-10(2)8-17(3)9-11-7-12(15)5-6-13(11)14(16)18/h5-7,10H,4,8-9H2,1-3H3,(H2,16,18). The second kappa shape index (κ2) is 6.81. The van der Waals surface area contributed by atoms with Crippen molar-refractivity contribution in [3.8, 4) is 0 Å². The lowest BCUT2D eigenvalue weighted by molar-refractivity contribution is 0.275. The van der Waals surface area contributed by atoms with Gasteiger partial charge in [-0.1, -0.05) is 32.5 Å². The summed E-state index contributed by atoms with van der Waals surface area (Å²) in [6.07, 6.45) is 1.13. The maximum absolute atomic E-state index is 13.3. The topological polar surface area (TPSA) is 29.3 Å². The van der Waals surface area contributed by atoms with Crippen LogP contribution in [-0.4, -0.2) is 23.5 Å². The van der Waals surface area contributed by atoms with Crippen LogP contribution in [0.3, 0.4) is 0 Å². The van der Waals surface area contributed by atoms with Crippen LogP contribution >= 0.6 is 12.2 Å². The van der Waals surface area contributed by atoms with Crippen LogP contribution in [0.5, 0.6) is 0 Å². The van der Waals surface area contributed by atoms with Crippen molar-refractivity contribution in [3.63, 3.8) is 0 Å². The summed E-state index contributed by atoms with van der Waals surface area (Å²) in [5.74, 6) is 0.374. The van der Waals surface area contributed by atoms with E-state index >= 15 is 0 Å². The highest BCUT2D eigenvalue weighted by molar-refractivity contribution is 7.80. The summed E-state index contributed by atoms with van der Waals surface area (Å²) in [4.78, 5) is 2.49. The van der Waals surface area contributed by atoms with Crippen LogP contribution < -0.4 is 5.73 Å². The normalized spacial score (nSPS) is 12.7. The van der Waals surface area contributed by atoms with Crippen LogP contribution in [0.15, 0.2) is 18.2 Å². The lowest BCUT2D eigenvalue weighted by Crippen LogP contribution is -2.25. The Kier molecular flexibility index (Phi) is 5.69. The monoisotopic (exact) mass is 268 g/mol. The minimum atomic E-state index is -0.248. The Morgan fingerprint density at radius 2 is 2.17 bits per heavy atom. The molecule has 0 aliphatic rings. The SMILES string of the molecule is CCC(C)CN(C)Cc1cc(F)ccc1C(N)=S. The average Bonchev–Trinajstić information content (AvgIpc) is 2.28. The number of rotatable bonds is 6. The van der Waals surface area contributed by atoms with E-state index in [0.717, 1.165) is 24.1 Å². The lowest BCUT2D eigenvalue weighted by Gasteiger charge is -2.21. The van der Waals surface area contributed by atoms with Crippen molar-refractivity contribution >= 4 is 17.2 Å². The summed E-state index contributed by atoms with van der Waals surface area (Å²) in [5, 5.41) is 0. The summed E-state index contributed by atoms with van der Waals surface area (Å²) in [5.41, 5.74) is 7.28. The second-order valence-corrected chi connectivity index (χ2v) is 5.32. The maximum atomic E-state index is 13.3. The predicted molar refractivity (Wildman–Crippen MR) is 78.1 cm³/mol. The van der Waals surface area contributed by atoms with E-state index in [1.807, 2.05) is 7.05 Å². The number of nitrogens with zero attached hydrogens (tertiary/aromatic N) is 1. The van der Waals surface area contributed by atoms with E-state index in [-0.39, 0.29) is 5.82 Å². The molecule has 0 fully saturated rings. The summed E-state index contributed by atoms with van der Waals surface area (Å²) in [6.45, 7) is 6.01. The number of hydrogen-bond donors (Lipinski definition) is 1. The summed E-state index contributed by atoms with van der Waals surface area (Å²) in [7, 11) is 2.03. The molecule has 1 atom stereocenters.